The number of nitrogens with one attached hydrogen (secondary N) is 1. The lowest BCUT2D eigenvalue weighted by Gasteiger charge is -2.10. The highest BCUT2D eigenvalue weighted by Gasteiger charge is 2.20. The topological polar surface area (TPSA) is 12.0 Å². The van der Waals surface area contributed by atoms with Crippen LogP contribution in [-0.4, -0.2) is 6.04 Å². The minimum Gasteiger partial charge on any atom is -0.310 e. The highest BCUT2D eigenvalue weighted by Crippen LogP contribution is 2.30. The van der Waals surface area contributed by atoms with Gasteiger partial charge in [-0.1, -0.05) is 23.8 Å². The highest BCUT2D eigenvalue weighted by molar-refractivity contribution is 7.10. The summed E-state index contributed by atoms with van der Waals surface area (Å²) >= 11 is 1.83. The average molecular weight is 257 g/mol. The highest BCUT2D eigenvalue weighted by atomic mass is 32.1. The molecule has 1 heterocycles. The summed E-state index contributed by atoms with van der Waals surface area (Å²) in [6.45, 7) is 5.34. The number of hydrogen-bond donors (Lipinski definition) is 1. The summed E-state index contributed by atoms with van der Waals surface area (Å²) in [7, 11) is 0. The fourth-order valence-electron chi connectivity index (χ4n) is 2.24. The molecule has 2 aromatic rings. The molecule has 3 rings (SSSR count). The van der Waals surface area contributed by atoms with Crippen molar-refractivity contribution >= 4 is 11.3 Å². The first kappa shape index (κ1) is 11.9. The molecule has 0 atom stereocenters. The van der Waals surface area contributed by atoms with E-state index in [4.69, 9.17) is 0 Å². The fourth-order valence-corrected chi connectivity index (χ4v) is 2.94. The molecule has 18 heavy (non-hydrogen) atoms. The number of thiophene rings is 1. The quantitative estimate of drug-likeness (QED) is 0.862. The molecule has 0 saturated heterocycles. The summed E-state index contributed by atoms with van der Waals surface area (Å²) in [5.74, 6) is 0. The zero-order chi connectivity index (χ0) is 12.5. The van der Waals surface area contributed by atoms with Crippen LogP contribution in [-0.2, 0) is 6.54 Å². The lowest BCUT2D eigenvalue weighted by atomic mass is 9.99. The summed E-state index contributed by atoms with van der Waals surface area (Å²) in [6, 6.07) is 9.86. The molecule has 0 unspecified atom stereocenters. The van der Waals surface area contributed by atoms with Crippen molar-refractivity contribution in [2.45, 2.75) is 39.3 Å². The number of benzene rings is 1. The summed E-state index contributed by atoms with van der Waals surface area (Å²) in [4.78, 5) is 1.38. The second kappa shape index (κ2) is 4.87. The molecule has 1 nitrogen and oxygen atoms in total. The van der Waals surface area contributed by atoms with Gasteiger partial charge >= 0.3 is 0 Å². The molecular formula is C16H19NS. The minimum absolute atomic E-state index is 0.767. The number of aryl methyl sites for hydroxylation is 2. The van der Waals surface area contributed by atoms with Crippen molar-refractivity contribution in [3.05, 3.63) is 45.6 Å². The van der Waals surface area contributed by atoms with Crippen LogP contribution in [0.5, 0.6) is 0 Å². The van der Waals surface area contributed by atoms with E-state index in [-0.39, 0.29) is 0 Å². The fraction of sp³-hybridized carbons (Fsp3) is 0.375. The van der Waals surface area contributed by atoms with Crippen LogP contribution in [0.25, 0.3) is 11.1 Å². The average Bonchev–Trinajstić information content (AvgIpc) is 3.09. The van der Waals surface area contributed by atoms with Gasteiger partial charge in [0.25, 0.3) is 0 Å². The van der Waals surface area contributed by atoms with E-state index in [0.29, 0.717) is 0 Å². The van der Waals surface area contributed by atoms with E-state index in [9.17, 15) is 0 Å². The molecule has 1 aliphatic carbocycles. The van der Waals surface area contributed by atoms with Gasteiger partial charge in [0.1, 0.15) is 0 Å². The monoisotopic (exact) mass is 257 g/mol. The lowest BCUT2D eigenvalue weighted by Crippen LogP contribution is -2.15. The Morgan fingerprint density at radius 3 is 2.72 bits per heavy atom. The van der Waals surface area contributed by atoms with Crippen LogP contribution in [0, 0.1) is 13.8 Å². The van der Waals surface area contributed by atoms with E-state index in [0.717, 1.165) is 12.6 Å². The molecule has 1 saturated carbocycles. The maximum absolute atomic E-state index is 3.61. The molecule has 0 radical (unpaired) electrons. The Bertz CT molecular complexity index is 552. The van der Waals surface area contributed by atoms with Crippen molar-refractivity contribution < 1.29 is 0 Å². The van der Waals surface area contributed by atoms with Crippen LogP contribution in [0.4, 0.5) is 0 Å². The predicted molar refractivity (Wildman–Crippen MR) is 79.1 cm³/mol. The van der Waals surface area contributed by atoms with E-state index in [2.05, 4.69) is 48.8 Å². The van der Waals surface area contributed by atoms with Gasteiger partial charge in [0.15, 0.2) is 0 Å². The van der Waals surface area contributed by atoms with Gasteiger partial charge < -0.3 is 5.32 Å². The van der Waals surface area contributed by atoms with Gasteiger partial charge in [-0.25, -0.2) is 0 Å². The second-order valence-electron chi connectivity index (χ2n) is 5.26. The van der Waals surface area contributed by atoms with Crippen LogP contribution in [0.2, 0.25) is 0 Å². The van der Waals surface area contributed by atoms with E-state index in [1.165, 1.54) is 40.0 Å². The van der Waals surface area contributed by atoms with Gasteiger partial charge in [-0.05, 0) is 54.8 Å². The van der Waals surface area contributed by atoms with Gasteiger partial charge in [-0.3, -0.25) is 0 Å². The van der Waals surface area contributed by atoms with Crippen molar-refractivity contribution in [2.24, 2.45) is 0 Å². The molecule has 0 amide bonds. The summed E-state index contributed by atoms with van der Waals surface area (Å²) in [6.07, 6.45) is 2.69. The molecule has 0 spiro atoms. The second-order valence-corrected chi connectivity index (χ2v) is 6.38. The Balaban J connectivity index is 1.91. The van der Waals surface area contributed by atoms with E-state index in [1.54, 1.807) is 0 Å². The van der Waals surface area contributed by atoms with E-state index < -0.39 is 0 Å². The van der Waals surface area contributed by atoms with Gasteiger partial charge in [0, 0.05) is 17.5 Å². The van der Waals surface area contributed by atoms with Crippen molar-refractivity contribution in [2.75, 3.05) is 0 Å². The number of rotatable bonds is 4. The van der Waals surface area contributed by atoms with Gasteiger partial charge in [-0.2, -0.15) is 0 Å². The Morgan fingerprint density at radius 2 is 2.06 bits per heavy atom. The Morgan fingerprint density at radius 1 is 1.22 bits per heavy atom. The van der Waals surface area contributed by atoms with Crippen molar-refractivity contribution in [3.63, 3.8) is 0 Å². The van der Waals surface area contributed by atoms with Crippen molar-refractivity contribution in [1.29, 1.82) is 0 Å². The SMILES string of the molecule is Cc1ccc(CNC2CC2)c(-c2csc(C)c2)c1. The number of hydrogen-bond acceptors (Lipinski definition) is 2. The summed E-state index contributed by atoms with van der Waals surface area (Å²) in [5.41, 5.74) is 5.52. The maximum atomic E-state index is 3.61. The molecule has 1 fully saturated rings. The molecule has 1 N–H and O–H groups in total. The van der Waals surface area contributed by atoms with Gasteiger partial charge in [0.2, 0.25) is 0 Å². The zero-order valence-corrected chi connectivity index (χ0v) is 11.8. The zero-order valence-electron chi connectivity index (χ0n) is 11.0. The normalized spacial score (nSPS) is 15.0. The standard InChI is InChI=1S/C16H19NS/c1-11-3-4-13(9-17-15-5-6-15)16(7-11)14-8-12(2)18-10-14/h3-4,7-8,10,15,17H,5-6,9H2,1-2H3. The summed E-state index contributed by atoms with van der Waals surface area (Å²) in [5, 5.41) is 5.88. The van der Waals surface area contributed by atoms with Crippen LogP contribution in [0.15, 0.2) is 29.6 Å². The predicted octanol–water partition coefficient (Wildman–Crippen LogP) is 4.28. The molecule has 1 aromatic heterocycles. The molecule has 0 bridgehead atoms. The Kier molecular flexibility index (Phi) is 3.23. The van der Waals surface area contributed by atoms with Crippen LogP contribution in [0.3, 0.4) is 0 Å². The summed E-state index contributed by atoms with van der Waals surface area (Å²) < 4.78 is 0. The van der Waals surface area contributed by atoms with Crippen molar-refractivity contribution in [1.82, 2.24) is 5.32 Å². The largest absolute Gasteiger partial charge is 0.310 e. The van der Waals surface area contributed by atoms with Crippen LogP contribution < -0.4 is 5.32 Å². The first-order chi connectivity index (χ1) is 8.72. The Labute approximate surface area is 113 Å². The molecule has 94 valence electrons. The molecule has 1 aliphatic rings. The molecule has 2 heteroatoms. The molecular weight excluding hydrogens is 238 g/mol. The van der Waals surface area contributed by atoms with E-state index >= 15 is 0 Å². The maximum Gasteiger partial charge on any atom is 0.0214 e. The van der Waals surface area contributed by atoms with Gasteiger partial charge in [-0.15, -0.1) is 11.3 Å². The van der Waals surface area contributed by atoms with E-state index in [1.807, 2.05) is 11.3 Å². The van der Waals surface area contributed by atoms with Crippen LogP contribution >= 0.6 is 11.3 Å². The first-order valence-electron chi connectivity index (χ1n) is 6.61. The third-order valence-electron chi connectivity index (χ3n) is 3.47. The minimum atomic E-state index is 0.767. The molecule has 0 aliphatic heterocycles. The smallest absolute Gasteiger partial charge is 0.0214 e. The van der Waals surface area contributed by atoms with Crippen molar-refractivity contribution in [3.8, 4) is 11.1 Å². The van der Waals surface area contributed by atoms with Crippen LogP contribution in [0.1, 0.15) is 28.8 Å². The third-order valence-corrected chi connectivity index (χ3v) is 4.33. The first-order valence-corrected chi connectivity index (χ1v) is 7.49. The molecule has 1 aromatic carbocycles. The lowest BCUT2D eigenvalue weighted by molar-refractivity contribution is 0.688. The Hall–Kier alpha value is -1.12. The van der Waals surface area contributed by atoms with Gasteiger partial charge in [0.05, 0.1) is 0 Å². The third kappa shape index (κ3) is 2.65.